The Hall–Kier alpha value is -1.03. The minimum absolute atomic E-state index is 0.0882. The Bertz CT molecular complexity index is 356. The van der Waals surface area contributed by atoms with Crippen molar-refractivity contribution in [2.24, 2.45) is 0 Å². The lowest BCUT2D eigenvalue weighted by Gasteiger charge is -2.26. The monoisotopic (exact) mass is 238 g/mol. The molecule has 2 amide bonds. The molecule has 4 heteroatoms. The zero-order chi connectivity index (χ0) is 11.4. The summed E-state index contributed by atoms with van der Waals surface area (Å²) in [6, 6.07) is 0.0882. The molecule has 0 radical (unpaired) electrons. The van der Waals surface area contributed by atoms with Crippen molar-refractivity contribution in [2.75, 3.05) is 13.1 Å². The average molecular weight is 238 g/mol. The molecule has 2 heterocycles. The Morgan fingerprint density at radius 2 is 2.12 bits per heavy atom. The van der Waals surface area contributed by atoms with Crippen molar-refractivity contribution in [3.8, 4) is 0 Å². The van der Waals surface area contributed by atoms with Gasteiger partial charge in [-0.2, -0.15) is 11.3 Å². The van der Waals surface area contributed by atoms with Gasteiger partial charge >= 0.3 is 6.03 Å². The number of aryl methyl sites for hydroxylation is 1. The normalized spacial score (nSPS) is 16.2. The quantitative estimate of drug-likeness (QED) is 0.844. The maximum absolute atomic E-state index is 11.8. The van der Waals surface area contributed by atoms with Crippen LogP contribution < -0.4 is 5.32 Å². The van der Waals surface area contributed by atoms with Gasteiger partial charge in [-0.25, -0.2) is 4.79 Å². The Balaban J connectivity index is 1.81. The molecule has 0 bridgehead atoms. The number of rotatable bonds is 2. The predicted octanol–water partition coefficient (Wildman–Crippen LogP) is 2.75. The number of urea groups is 1. The lowest BCUT2D eigenvalue weighted by atomic mass is 10.1. The second kappa shape index (κ2) is 5.34. The number of piperidine rings is 1. The summed E-state index contributed by atoms with van der Waals surface area (Å²) < 4.78 is 0. The highest BCUT2D eigenvalue weighted by atomic mass is 32.1. The fraction of sp³-hybridized carbons (Fsp3) is 0.583. The van der Waals surface area contributed by atoms with Crippen LogP contribution in [0.25, 0.3) is 0 Å². The highest BCUT2D eigenvalue weighted by Gasteiger charge is 2.15. The van der Waals surface area contributed by atoms with Crippen LogP contribution in [0.2, 0.25) is 0 Å². The van der Waals surface area contributed by atoms with E-state index in [4.69, 9.17) is 0 Å². The van der Waals surface area contributed by atoms with Gasteiger partial charge in [0.2, 0.25) is 0 Å². The molecule has 88 valence electrons. The van der Waals surface area contributed by atoms with Gasteiger partial charge in [0.1, 0.15) is 0 Å². The van der Waals surface area contributed by atoms with Crippen molar-refractivity contribution >= 4 is 17.4 Å². The van der Waals surface area contributed by atoms with E-state index < -0.39 is 0 Å². The first-order valence-corrected chi connectivity index (χ1v) is 6.76. The molecular formula is C12H18N2OS. The van der Waals surface area contributed by atoms with E-state index in [1.807, 2.05) is 4.90 Å². The van der Waals surface area contributed by atoms with Gasteiger partial charge in [0.25, 0.3) is 0 Å². The Morgan fingerprint density at radius 1 is 1.38 bits per heavy atom. The van der Waals surface area contributed by atoms with Gasteiger partial charge in [0.15, 0.2) is 0 Å². The Labute approximate surface area is 100 Å². The van der Waals surface area contributed by atoms with Gasteiger partial charge in [-0.1, -0.05) is 0 Å². The minimum atomic E-state index is 0.0882. The highest BCUT2D eigenvalue weighted by Crippen LogP contribution is 2.13. The van der Waals surface area contributed by atoms with E-state index in [-0.39, 0.29) is 6.03 Å². The van der Waals surface area contributed by atoms with E-state index in [9.17, 15) is 4.79 Å². The molecule has 1 N–H and O–H groups in total. The molecule has 0 saturated carbocycles. The largest absolute Gasteiger partial charge is 0.334 e. The number of hydrogen-bond acceptors (Lipinski definition) is 2. The number of carbonyl (C=O) groups is 1. The van der Waals surface area contributed by atoms with E-state index in [1.165, 1.54) is 17.5 Å². The number of likely N-dealkylation sites (tertiary alicyclic amines) is 1. The molecule has 0 aliphatic carbocycles. The van der Waals surface area contributed by atoms with Crippen LogP contribution in [-0.2, 0) is 6.54 Å². The number of thiophene rings is 1. The smallest absolute Gasteiger partial charge is 0.317 e. The van der Waals surface area contributed by atoms with E-state index in [0.29, 0.717) is 6.54 Å². The van der Waals surface area contributed by atoms with E-state index >= 15 is 0 Å². The van der Waals surface area contributed by atoms with Gasteiger partial charge in [-0.3, -0.25) is 0 Å². The fourth-order valence-corrected chi connectivity index (χ4v) is 2.80. The molecule has 1 saturated heterocycles. The fourth-order valence-electron chi connectivity index (χ4n) is 1.95. The number of carbonyl (C=O) groups excluding carboxylic acids is 1. The summed E-state index contributed by atoms with van der Waals surface area (Å²) in [6.07, 6.45) is 3.54. The third kappa shape index (κ3) is 2.76. The van der Waals surface area contributed by atoms with Crippen molar-refractivity contribution < 1.29 is 4.79 Å². The van der Waals surface area contributed by atoms with Gasteiger partial charge in [-0.05, 0) is 48.1 Å². The molecule has 0 atom stereocenters. The molecule has 2 rings (SSSR count). The van der Waals surface area contributed by atoms with Crippen LogP contribution >= 0.6 is 11.3 Å². The summed E-state index contributed by atoms with van der Waals surface area (Å²) >= 11 is 1.69. The van der Waals surface area contributed by atoms with Gasteiger partial charge in [0, 0.05) is 19.6 Å². The summed E-state index contributed by atoms with van der Waals surface area (Å²) in [5.41, 5.74) is 2.50. The predicted molar refractivity (Wildman–Crippen MR) is 66.7 cm³/mol. The number of nitrogens with one attached hydrogen (secondary N) is 1. The third-order valence-corrected chi connectivity index (χ3v) is 3.95. The van der Waals surface area contributed by atoms with Crippen molar-refractivity contribution in [3.63, 3.8) is 0 Å². The maximum Gasteiger partial charge on any atom is 0.317 e. The van der Waals surface area contributed by atoms with E-state index in [0.717, 1.165) is 25.9 Å². The van der Waals surface area contributed by atoms with Crippen molar-refractivity contribution in [1.82, 2.24) is 10.2 Å². The SMILES string of the molecule is Cc1cscc1CNC(=O)N1CCCCC1. The summed E-state index contributed by atoms with van der Waals surface area (Å²) in [5, 5.41) is 7.21. The zero-order valence-electron chi connectivity index (χ0n) is 9.66. The first-order chi connectivity index (χ1) is 7.77. The summed E-state index contributed by atoms with van der Waals surface area (Å²) in [6.45, 7) is 4.56. The summed E-state index contributed by atoms with van der Waals surface area (Å²) in [7, 11) is 0. The molecule has 0 aromatic carbocycles. The molecule has 16 heavy (non-hydrogen) atoms. The van der Waals surface area contributed by atoms with Crippen LogP contribution in [0.1, 0.15) is 30.4 Å². The van der Waals surface area contributed by atoms with Crippen molar-refractivity contribution in [2.45, 2.75) is 32.7 Å². The van der Waals surface area contributed by atoms with Crippen LogP contribution in [0.3, 0.4) is 0 Å². The van der Waals surface area contributed by atoms with Gasteiger partial charge in [0.05, 0.1) is 0 Å². The first-order valence-electron chi connectivity index (χ1n) is 5.82. The van der Waals surface area contributed by atoms with Crippen LogP contribution in [0.4, 0.5) is 4.79 Å². The molecular weight excluding hydrogens is 220 g/mol. The lowest BCUT2D eigenvalue weighted by molar-refractivity contribution is 0.186. The topological polar surface area (TPSA) is 32.3 Å². The van der Waals surface area contributed by atoms with E-state index in [1.54, 1.807) is 11.3 Å². The molecule has 1 aliphatic heterocycles. The molecule has 0 spiro atoms. The molecule has 1 aromatic rings. The summed E-state index contributed by atoms with van der Waals surface area (Å²) in [4.78, 5) is 13.7. The first kappa shape index (κ1) is 11.5. The van der Waals surface area contributed by atoms with Gasteiger partial charge in [-0.15, -0.1) is 0 Å². The Kier molecular flexibility index (Phi) is 3.83. The second-order valence-corrected chi connectivity index (χ2v) is 5.03. The molecule has 1 aromatic heterocycles. The second-order valence-electron chi connectivity index (χ2n) is 4.29. The van der Waals surface area contributed by atoms with Gasteiger partial charge < -0.3 is 10.2 Å². The minimum Gasteiger partial charge on any atom is -0.334 e. The molecule has 1 fully saturated rings. The lowest BCUT2D eigenvalue weighted by Crippen LogP contribution is -2.42. The van der Waals surface area contributed by atoms with Crippen LogP contribution in [-0.4, -0.2) is 24.0 Å². The Morgan fingerprint density at radius 3 is 2.75 bits per heavy atom. The van der Waals surface area contributed by atoms with Crippen molar-refractivity contribution in [1.29, 1.82) is 0 Å². The van der Waals surface area contributed by atoms with Crippen molar-refractivity contribution in [3.05, 3.63) is 21.9 Å². The van der Waals surface area contributed by atoms with Crippen LogP contribution in [0, 0.1) is 6.92 Å². The molecule has 3 nitrogen and oxygen atoms in total. The molecule has 0 unspecified atom stereocenters. The standard InChI is InChI=1S/C12H18N2OS/c1-10-8-16-9-11(10)7-13-12(15)14-5-3-2-4-6-14/h8-9H,2-7H2,1H3,(H,13,15). The van der Waals surface area contributed by atoms with E-state index in [2.05, 4.69) is 23.0 Å². The zero-order valence-corrected chi connectivity index (χ0v) is 10.5. The summed E-state index contributed by atoms with van der Waals surface area (Å²) in [5.74, 6) is 0. The number of nitrogens with zero attached hydrogens (tertiary/aromatic N) is 1. The number of hydrogen-bond donors (Lipinski definition) is 1. The number of amides is 2. The average Bonchev–Trinajstić information content (AvgIpc) is 2.73. The molecule has 1 aliphatic rings. The van der Waals surface area contributed by atoms with Crippen LogP contribution in [0.5, 0.6) is 0 Å². The third-order valence-electron chi connectivity index (χ3n) is 3.03. The van der Waals surface area contributed by atoms with Crippen LogP contribution in [0.15, 0.2) is 10.8 Å². The maximum atomic E-state index is 11.8. The highest BCUT2D eigenvalue weighted by molar-refractivity contribution is 7.08.